The van der Waals surface area contributed by atoms with Gasteiger partial charge in [0, 0.05) is 32.7 Å². The highest BCUT2D eigenvalue weighted by Gasteiger charge is 2.44. The molecule has 1 aromatic carbocycles. The van der Waals surface area contributed by atoms with Gasteiger partial charge in [0.2, 0.25) is 0 Å². The van der Waals surface area contributed by atoms with Crippen molar-refractivity contribution in [3.63, 3.8) is 0 Å². The lowest BCUT2D eigenvalue weighted by molar-refractivity contribution is 0.0449. The van der Waals surface area contributed by atoms with E-state index >= 15 is 0 Å². The zero-order valence-electron chi connectivity index (χ0n) is 16.1. The van der Waals surface area contributed by atoms with Crippen LogP contribution in [0.5, 0.6) is 5.75 Å². The maximum Gasteiger partial charge on any atom is 0.257 e. The molecular weight excluding hydrogens is 344 g/mol. The van der Waals surface area contributed by atoms with Gasteiger partial charge in [-0.25, -0.2) is 0 Å². The van der Waals surface area contributed by atoms with Crippen LogP contribution in [0, 0.1) is 12.3 Å². The van der Waals surface area contributed by atoms with Gasteiger partial charge in [0.1, 0.15) is 5.75 Å². The number of rotatable bonds is 3. The predicted octanol–water partition coefficient (Wildman–Crippen LogP) is 1.78. The van der Waals surface area contributed by atoms with Gasteiger partial charge in [0.25, 0.3) is 5.91 Å². The molecule has 3 fully saturated rings. The number of β-amino-alcohol motifs (C(OH)–C–C–N with tert-alkyl or cyclic N) is 1. The number of piperidine rings is 1. The van der Waals surface area contributed by atoms with Crippen molar-refractivity contribution in [3.05, 3.63) is 29.3 Å². The van der Waals surface area contributed by atoms with Gasteiger partial charge in [0.05, 0.1) is 24.4 Å². The summed E-state index contributed by atoms with van der Waals surface area (Å²) >= 11 is 0. The van der Waals surface area contributed by atoms with Gasteiger partial charge in [-0.05, 0) is 50.2 Å². The number of phenolic OH excluding ortho intramolecular Hbond substituents is 1. The van der Waals surface area contributed by atoms with Crippen molar-refractivity contribution in [2.75, 3.05) is 39.3 Å². The molecule has 0 radical (unpaired) electrons. The van der Waals surface area contributed by atoms with Crippen LogP contribution >= 0.6 is 0 Å². The first kappa shape index (κ1) is 18.7. The van der Waals surface area contributed by atoms with E-state index in [9.17, 15) is 15.0 Å². The summed E-state index contributed by atoms with van der Waals surface area (Å²) < 4.78 is 6.09. The molecule has 3 saturated heterocycles. The topological polar surface area (TPSA) is 73.2 Å². The smallest absolute Gasteiger partial charge is 0.257 e. The molecule has 0 bridgehead atoms. The minimum atomic E-state index is -0.187. The third-order valence-corrected chi connectivity index (χ3v) is 6.49. The second kappa shape index (κ2) is 7.41. The number of benzene rings is 1. The van der Waals surface area contributed by atoms with Gasteiger partial charge in [0.15, 0.2) is 0 Å². The highest BCUT2D eigenvalue weighted by molar-refractivity contribution is 5.97. The monoisotopic (exact) mass is 374 g/mol. The van der Waals surface area contributed by atoms with Crippen LogP contribution < -0.4 is 0 Å². The average molecular weight is 374 g/mol. The minimum Gasteiger partial charge on any atom is -0.507 e. The lowest BCUT2D eigenvalue weighted by Crippen LogP contribution is -2.43. The van der Waals surface area contributed by atoms with E-state index in [1.807, 2.05) is 17.9 Å². The van der Waals surface area contributed by atoms with Gasteiger partial charge in [-0.2, -0.15) is 0 Å². The lowest BCUT2D eigenvalue weighted by atomic mass is 9.76. The van der Waals surface area contributed by atoms with Gasteiger partial charge < -0.3 is 19.8 Å². The fourth-order valence-corrected chi connectivity index (χ4v) is 4.80. The van der Waals surface area contributed by atoms with E-state index in [0.717, 1.165) is 57.5 Å². The summed E-state index contributed by atoms with van der Waals surface area (Å²) in [6.45, 7) is 6.74. The van der Waals surface area contributed by atoms with Crippen LogP contribution in [0.15, 0.2) is 18.2 Å². The standard InChI is InChI=1S/C21H30N2O4/c1-15-2-3-19(25)18(10-15)20(26)23-8-5-21(6-9-23)11-17(27-14-21)13-22-7-4-16(24)12-22/h2-3,10,16-17,24-25H,4-9,11-14H2,1H3/t16-,17-/m0/s1. The lowest BCUT2D eigenvalue weighted by Gasteiger charge is -2.38. The number of aliphatic hydroxyl groups is 1. The number of likely N-dealkylation sites (tertiary alicyclic amines) is 2. The Morgan fingerprint density at radius 3 is 2.78 bits per heavy atom. The van der Waals surface area contributed by atoms with Crippen LogP contribution in [-0.4, -0.2) is 77.5 Å². The van der Waals surface area contributed by atoms with E-state index in [1.165, 1.54) is 0 Å². The van der Waals surface area contributed by atoms with E-state index in [2.05, 4.69) is 4.90 Å². The number of phenols is 1. The highest BCUT2D eigenvalue weighted by Crippen LogP contribution is 2.42. The largest absolute Gasteiger partial charge is 0.507 e. The van der Waals surface area contributed by atoms with Crippen LogP contribution in [0.25, 0.3) is 0 Å². The van der Waals surface area contributed by atoms with E-state index in [0.29, 0.717) is 18.7 Å². The summed E-state index contributed by atoms with van der Waals surface area (Å²) in [5.41, 5.74) is 1.55. The molecule has 2 atom stereocenters. The molecule has 1 spiro atoms. The second-order valence-corrected chi connectivity index (χ2v) is 8.65. The molecule has 3 heterocycles. The molecule has 1 amide bonds. The van der Waals surface area contributed by atoms with Gasteiger partial charge in [-0.1, -0.05) is 11.6 Å². The molecule has 6 nitrogen and oxygen atoms in total. The van der Waals surface area contributed by atoms with Gasteiger partial charge in [-0.15, -0.1) is 0 Å². The van der Waals surface area contributed by atoms with Gasteiger partial charge in [-0.3, -0.25) is 9.69 Å². The van der Waals surface area contributed by atoms with Crippen molar-refractivity contribution < 1.29 is 19.7 Å². The fourth-order valence-electron chi connectivity index (χ4n) is 4.80. The van der Waals surface area contributed by atoms with E-state index < -0.39 is 0 Å². The highest BCUT2D eigenvalue weighted by atomic mass is 16.5. The molecule has 6 heteroatoms. The normalized spacial score (nSPS) is 28.1. The van der Waals surface area contributed by atoms with Crippen LogP contribution in [-0.2, 0) is 4.74 Å². The maximum absolute atomic E-state index is 12.8. The summed E-state index contributed by atoms with van der Waals surface area (Å²) in [6.07, 6.45) is 3.85. The first-order chi connectivity index (χ1) is 12.9. The number of nitrogens with zero attached hydrogens (tertiary/aromatic N) is 2. The average Bonchev–Trinajstić information content (AvgIpc) is 3.24. The van der Waals surface area contributed by atoms with Crippen LogP contribution in [0.1, 0.15) is 41.6 Å². The Labute approximate surface area is 160 Å². The predicted molar refractivity (Wildman–Crippen MR) is 102 cm³/mol. The Morgan fingerprint density at radius 1 is 1.30 bits per heavy atom. The molecule has 0 aromatic heterocycles. The molecule has 3 aliphatic rings. The summed E-state index contributed by atoms with van der Waals surface area (Å²) in [5.74, 6) is -0.0180. The number of amides is 1. The summed E-state index contributed by atoms with van der Waals surface area (Å²) in [7, 11) is 0. The number of ether oxygens (including phenoxy) is 1. The van der Waals surface area contributed by atoms with Crippen molar-refractivity contribution in [3.8, 4) is 5.75 Å². The first-order valence-corrected chi connectivity index (χ1v) is 10.1. The SMILES string of the molecule is Cc1ccc(O)c(C(=O)N2CCC3(CC2)CO[C@H](CN2CC[C@H](O)C2)C3)c1. The molecule has 2 N–H and O–H groups in total. The Morgan fingerprint density at radius 2 is 2.07 bits per heavy atom. The Hall–Kier alpha value is -1.63. The molecule has 4 rings (SSSR count). The molecule has 1 aromatic rings. The van der Waals surface area contributed by atoms with Crippen molar-refractivity contribution >= 4 is 5.91 Å². The van der Waals surface area contributed by atoms with Gasteiger partial charge >= 0.3 is 0 Å². The zero-order valence-corrected chi connectivity index (χ0v) is 16.1. The third-order valence-electron chi connectivity index (χ3n) is 6.49. The van der Waals surface area contributed by atoms with E-state index in [4.69, 9.17) is 4.74 Å². The summed E-state index contributed by atoms with van der Waals surface area (Å²) in [5, 5.41) is 19.7. The molecule has 27 heavy (non-hydrogen) atoms. The molecule has 0 saturated carbocycles. The molecule has 3 aliphatic heterocycles. The molecule has 0 aliphatic carbocycles. The Bertz CT molecular complexity index is 699. The number of carbonyl (C=O) groups is 1. The number of aromatic hydroxyl groups is 1. The van der Waals surface area contributed by atoms with Crippen LogP contribution in [0.3, 0.4) is 0 Å². The maximum atomic E-state index is 12.8. The van der Waals surface area contributed by atoms with Crippen molar-refractivity contribution in [2.24, 2.45) is 5.41 Å². The van der Waals surface area contributed by atoms with Crippen LogP contribution in [0.2, 0.25) is 0 Å². The van der Waals surface area contributed by atoms with Crippen LogP contribution in [0.4, 0.5) is 0 Å². The van der Waals surface area contributed by atoms with E-state index in [1.54, 1.807) is 12.1 Å². The Kier molecular flexibility index (Phi) is 5.14. The number of hydrogen-bond donors (Lipinski definition) is 2. The van der Waals surface area contributed by atoms with Crippen molar-refractivity contribution in [1.29, 1.82) is 0 Å². The first-order valence-electron chi connectivity index (χ1n) is 10.1. The number of carbonyl (C=O) groups excluding carboxylic acids is 1. The minimum absolute atomic E-state index is 0.0583. The summed E-state index contributed by atoms with van der Waals surface area (Å²) in [4.78, 5) is 17.0. The molecular formula is C21H30N2O4. The Balaban J connectivity index is 1.32. The second-order valence-electron chi connectivity index (χ2n) is 8.65. The molecule has 0 unspecified atom stereocenters. The zero-order chi connectivity index (χ0) is 19.0. The number of aryl methyl sites for hydroxylation is 1. The number of aliphatic hydroxyl groups excluding tert-OH is 1. The van der Waals surface area contributed by atoms with E-state index in [-0.39, 0.29) is 29.3 Å². The number of hydrogen-bond acceptors (Lipinski definition) is 5. The van der Waals surface area contributed by atoms with Crippen molar-refractivity contribution in [1.82, 2.24) is 9.80 Å². The molecule has 148 valence electrons. The third kappa shape index (κ3) is 3.98. The fraction of sp³-hybridized carbons (Fsp3) is 0.667. The summed E-state index contributed by atoms with van der Waals surface area (Å²) in [6, 6.07) is 5.17. The van der Waals surface area contributed by atoms with Crippen molar-refractivity contribution in [2.45, 2.75) is 44.8 Å². The quantitative estimate of drug-likeness (QED) is 0.844.